The van der Waals surface area contributed by atoms with Crippen molar-refractivity contribution in [2.75, 3.05) is 19.8 Å². The Bertz CT molecular complexity index is 71.9. The van der Waals surface area contributed by atoms with Crippen molar-refractivity contribution in [3.8, 4) is 0 Å². The zero-order chi connectivity index (χ0) is 8.69. The summed E-state index contributed by atoms with van der Waals surface area (Å²) in [6.07, 6.45) is 1.44. The van der Waals surface area contributed by atoms with E-state index in [1.807, 2.05) is 6.92 Å². The van der Waals surface area contributed by atoms with Gasteiger partial charge in [0, 0.05) is 19.1 Å². The van der Waals surface area contributed by atoms with Gasteiger partial charge in [-0.05, 0) is 13.3 Å². The lowest BCUT2D eigenvalue weighted by atomic mass is 10.1. The average Bonchev–Trinajstić information content (AvgIpc) is 2.77. The summed E-state index contributed by atoms with van der Waals surface area (Å²) in [7, 11) is 0. The fourth-order valence-corrected chi connectivity index (χ4v) is 0.412. The Morgan fingerprint density at radius 2 is 1.82 bits per heavy atom. The van der Waals surface area contributed by atoms with Gasteiger partial charge in [-0.3, -0.25) is 0 Å². The third-order valence-corrected chi connectivity index (χ3v) is 1.59. The van der Waals surface area contributed by atoms with E-state index >= 15 is 0 Å². The van der Waals surface area contributed by atoms with Crippen LogP contribution in [0.3, 0.4) is 0 Å². The van der Waals surface area contributed by atoms with Crippen molar-refractivity contribution in [3.05, 3.63) is 0 Å². The topological polar surface area (TPSA) is 53.0 Å². The van der Waals surface area contributed by atoms with E-state index in [4.69, 9.17) is 14.9 Å². The molecule has 0 radical (unpaired) electrons. The van der Waals surface area contributed by atoms with E-state index in [1.54, 1.807) is 0 Å². The molecule has 1 atom stereocenters. The molecule has 1 aliphatic heterocycles. The molecule has 0 spiro atoms. The lowest BCUT2D eigenvalue weighted by Gasteiger charge is -2.03. The van der Waals surface area contributed by atoms with Crippen LogP contribution in [-0.4, -0.2) is 36.1 Å². The minimum Gasteiger partial charge on any atom is -0.396 e. The second kappa shape index (κ2) is 6.58. The quantitative estimate of drug-likeness (QED) is 0.591. The first-order valence-electron chi connectivity index (χ1n) is 4.07. The van der Waals surface area contributed by atoms with Crippen LogP contribution < -0.4 is 0 Å². The van der Waals surface area contributed by atoms with Crippen LogP contribution in [0.25, 0.3) is 0 Å². The Morgan fingerprint density at radius 1 is 1.45 bits per heavy atom. The highest BCUT2D eigenvalue weighted by Crippen LogP contribution is 2.04. The molecule has 11 heavy (non-hydrogen) atoms. The average molecular weight is 162 g/mol. The number of rotatable bonds is 3. The molecule has 1 heterocycles. The van der Waals surface area contributed by atoms with E-state index in [2.05, 4.69) is 6.92 Å². The summed E-state index contributed by atoms with van der Waals surface area (Å²) in [5.41, 5.74) is 0. The smallest absolute Gasteiger partial charge is 0.0781 e. The summed E-state index contributed by atoms with van der Waals surface area (Å²) in [5.74, 6) is 0.0972. The van der Waals surface area contributed by atoms with Crippen molar-refractivity contribution in [3.63, 3.8) is 0 Å². The molecule has 3 nitrogen and oxygen atoms in total. The van der Waals surface area contributed by atoms with Crippen molar-refractivity contribution >= 4 is 0 Å². The Balaban J connectivity index is 0.000000207. The summed E-state index contributed by atoms with van der Waals surface area (Å²) in [6, 6.07) is 0. The molecule has 3 heteroatoms. The SMILES string of the molecule is CC1CO1.CCC(CO)CO. The highest BCUT2D eigenvalue weighted by atomic mass is 16.6. The highest BCUT2D eigenvalue weighted by Gasteiger charge is 2.13. The van der Waals surface area contributed by atoms with Gasteiger partial charge in [-0.15, -0.1) is 0 Å². The van der Waals surface area contributed by atoms with Gasteiger partial charge in [0.25, 0.3) is 0 Å². The Morgan fingerprint density at radius 3 is 1.82 bits per heavy atom. The second-order valence-corrected chi connectivity index (χ2v) is 2.78. The summed E-state index contributed by atoms with van der Waals surface area (Å²) >= 11 is 0. The van der Waals surface area contributed by atoms with Crippen LogP contribution in [0.15, 0.2) is 0 Å². The Labute approximate surface area is 68.0 Å². The number of hydrogen-bond acceptors (Lipinski definition) is 3. The largest absolute Gasteiger partial charge is 0.396 e. The van der Waals surface area contributed by atoms with Gasteiger partial charge in [0.2, 0.25) is 0 Å². The molecule has 0 bridgehead atoms. The number of ether oxygens (including phenoxy) is 1. The van der Waals surface area contributed by atoms with E-state index < -0.39 is 0 Å². The molecular formula is C8H18O3. The predicted octanol–water partition coefficient (Wildman–Crippen LogP) is 0.402. The molecule has 0 aromatic rings. The number of aliphatic hydroxyl groups is 2. The fraction of sp³-hybridized carbons (Fsp3) is 1.00. The maximum Gasteiger partial charge on any atom is 0.0781 e. The van der Waals surface area contributed by atoms with Crippen LogP contribution in [-0.2, 0) is 4.74 Å². The van der Waals surface area contributed by atoms with Crippen molar-refractivity contribution in [2.45, 2.75) is 26.4 Å². The Hall–Kier alpha value is -0.120. The van der Waals surface area contributed by atoms with Gasteiger partial charge < -0.3 is 14.9 Å². The number of epoxide rings is 1. The van der Waals surface area contributed by atoms with Crippen LogP contribution in [0.4, 0.5) is 0 Å². The molecular weight excluding hydrogens is 144 g/mol. The van der Waals surface area contributed by atoms with E-state index in [1.165, 1.54) is 0 Å². The summed E-state index contributed by atoms with van der Waals surface area (Å²) in [5, 5.41) is 16.7. The normalized spacial score (nSPS) is 21.0. The summed E-state index contributed by atoms with van der Waals surface area (Å²) < 4.78 is 4.71. The predicted molar refractivity (Wildman–Crippen MR) is 43.4 cm³/mol. The van der Waals surface area contributed by atoms with Crippen LogP contribution in [0, 0.1) is 5.92 Å². The molecule has 1 unspecified atom stereocenters. The van der Waals surface area contributed by atoms with Crippen LogP contribution in [0.2, 0.25) is 0 Å². The monoisotopic (exact) mass is 162 g/mol. The first kappa shape index (κ1) is 10.9. The van der Waals surface area contributed by atoms with E-state index in [-0.39, 0.29) is 19.1 Å². The third-order valence-electron chi connectivity index (χ3n) is 1.59. The fourth-order valence-electron chi connectivity index (χ4n) is 0.412. The summed E-state index contributed by atoms with van der Waals surface area (Å²) in [6.45, 7) is 5.19. The first-order chi connectivity index (χ1) is 5.24. The van der Waals surface area contributed by atoms with E-state index in [9.17, 15) is 0 Å². The van der Waals surface area contributed by atoms with Crippen molar-refractivity contribution < 1.29 is 14.9 Å². The van der Waals surface area contributed by atoms with Crippen LogP contribution in [0.5, 0.6) is 0 Å². The van der Waals surface area contributed by atoms with Gasteiger partial charge in [-0.2, -0.15) is 0 Å². The number of aliphatic hydroxyl groups excluding tert-OH is 2. The molecule has 0 amide bonds. The van der Waals surface area contributed by atoms with Gasteiger partial charge in [0.15, 0.2) is 0 Å². The maximum atomic E-state index is 8.37. The molecule has 1 rings (SSSR count). The molecule has 1 saturated heterocycles. The van der Waals surface area contributed by atoms with Gasteiger partial charge >= 0.3 is 0 Å². The minimum absolute atomic E-state index is 0.0972. The summed E-state index contributed by atoms with van der Waals surface area (Å²) in [4.78, 5) is 0. The maximum absolute atomic E-state index is 8.37. The highest BCUT2D eigenvalue weighted by molar-refractivity contribution is 4.58. The van der Waals surface area contributed by atoms with Gasteiger partial charge in [0.05, 0.1) is 12.7 Å². The van der Waals surface area contributed by atoms with Gasteiger partial charge in [-0.25, -0.2) is 0 Å². The van der Waals surface area contributed by atoms with E-state index in [0.29, 0.717) is 6.10 Å². The van der Waals surface area contributed by atoms with Gasteiger partial charge in [-0.1, -0.05) is 6.92 Å². The first-order valence-corrected chi connectivity index (χ1v) is 4.07. The molecule has 0 aromatic carbocycles. The molecule has 0 aromatic heterocycles. The van der Waals surface area contributed by atoms with Crippen LogP contribution >= 0.6 is 0 Å². The lowest BCUT2D eigenvalue weighted by Crippen LogP contribution is -2.08. The standard InChI is InChI=1S/C5H12O2.C3H6O/c1-2-5(3-6)4-7;1-3-2-4-3/h5-7H,2-4H2,1H3;3H,2H2,1H3. The minimum atomic E-state index is 0.0972. The molecule has 0 aliphatic carbocycles. The van der Waals surface area contributed by atoms with Gasteiger partial charge in [0.1, 0.15) is 0 Å². The molecule has 0 saturated carbocycles. The third kappa shape index (κ3) is 7.78. The molecule has 68 valence electrons. The van der Waals surface area contributed by atoms with Crippen molar-refractivity contribution in [1.82, 2.24) is 0 Å². The molecule has 2 N–H and O–H groups in total. The molecule has 1 fully saturated rings. The Kier molecular flexibility index (Phi) is 6.51. The number of hydrogen-bond donors (Lipinski definition) is 2. The van der Waals surface area contributed by atoms with Crippen molar-refractivity contribution in [1.29, 1.82) is 0 Å². The zero-order valence-electron chi connectivity index (χ0n) is 7.29. The second-order valence-electron chi connectivity index (χ2n) is 2.78. The zero-order valence-corrected chi connectivity index (χ0v) is 7.29. The van der Waals surface area contributed by atoms with E-state index in [0.717, 1.165) is 13.0 Å². The lowest BCUT2D eigenvalue weighted by molar-refractivity contribution is 0.147. The molecule has 1 aliphatic rings. The van der Waals surface area contributed by atoms with Crippen molar-refractivity contribution in [2.24, 2.45) is 5.92 Å². The van der Waals surface area contributed by atoms with Crippen LogP contribution in [0.1, 0.15) is 20.3 Å².